The summed E-state index contributed by atoms with van der Waals surface area (Å²) in [7, 11) is 0. The van der Waals surface area contributed by atoms with Crippen molar-refractivity contribution >= 4 is 27.6 Å². The molecule has 1 aliphatic heterocycles. The highest BCUT2D eigenvalue weighted by atomic mass is 79.9. The van der Waals surface area contributed by atoms with Crippen LogP contribution in [0.2, 0.25) is 0 Å². The van der Waals surface area contributed by atoms with Crippen LogP contribution in [0.15, 0.2) is 58.3 Å². The molecule has 0 radical (unpaired) electrons. The van der Waals surface area contributed by atoms with Gasteiger partial charge in [0.2, 0.25) is 0 Å². The van der Waals surface area contributed by atoms with Crippen molar-refractivity contribution in [2.75, 3.05) is 0 Å². The number of fused-ring (bicyclic) bond motifs is 4. The molecule has 146 valence electrons. The number of carbonyl (C=O) groups is 1. The van der Waals surface area contributed by atoms with Crippen molar-refractivity contribution in [2.24, 2.45) is 4.99 Å². The highest BCUT2D eigenvalue weighted by Gasteiger charge is 2.44. The molecule has 1 N–H and O–H groups in total. The first kappa shape index (κ1) is 18.2. The number of aliphatic imine (C=N–C) groups is 1. The van der Waals surface area contributed by atoms with E-state index in [1.807, 2.05) is 22.8 Å². The fraction of sp³-hybridized carbons (Fsp3) is 0.227. The molecule has 2 aliphatic rings. The Morgan fingerprint density at radius 2 is 1.90 bits per heavy atom. The minimum Gasteiger partial charge on any atom is -0.476 e. The van der Waals surface area contributed by atoms with E-state index < -0.39 is 11.5 Å². The summed E-state index contributed by atoms with van der Waals surface area (Å²) in [4.78, 5) is 21.3. The zero-order valence-corrected chi connectivity index (χ0v) is 17.0. The Morgan fingerprint density at radius 3 is 2.62 bits per heavy atom. The summed E-state index contributed by atoms with van der Waals surface area (Å²) in [6.07, 6.45) is 4.81. The number of rotatable bonds is 2. The molecule has 2 aromatic carbocycles. The minimum absolute atomic E-state index is 0.0132. The fourth-order valence-electron chi connectivity index (χ4n) is 4.53. The Kier molecular flexibility index (Phi) is 4.17. The average Bonchev–Trinajstić information content (AvgIpc) is 3.32. The van der Waals surface area contributed by atoms with Gasteiger partial charge in [-0.3, -0.25) is 9.56 Å². The van der Waals surface area contributed by atoms with Crippen LogP contribution in [-0.4, -0.2) is 26.3 Å². The van der Waals surface area contributed by atoms with Crippen LogP contribution in [0.4, 0.5) is 4.39 Å². The van der Waals surface area contributed by atoms with Crippen molar-refractivity contribution in [3.8, 4) is 5.69 Å². The van der Waals surface area contributed by atoms with Crippen LogP contribution in [0.1, 0.15) is 53.0 Å². The first-order chi connectivity index (χ1) is 14.0. The van der Waals surface area contributed by atoms with E-state index in [1.165, 1.54) is 6.07 Å². The van der Waals surface area contributed by atoms with Gasteiger partial charge < -0.3 is 5.11 Å². The smallest absolute Gasteiger partial charge is 0.356 e. The molecule has 0 atom stereocenters. The van der Waals surface area contributed by atoms with Crippen molar-refractivity contribution in [1.82, 2.24) is 9.55 Å². The molecule has 1 fully saturated rings. The van der Waals surface area contributed by atoms with Crippen molar-refractivity contribution in [2.45, 2.75) is 31.2 Å². The van der Waals surface area contributed by atoms with E-state index in [9.17, 15) is 14.3 Å². The molecule has 0 saturated heterocycles. The molecule has 0 bridgehead atoms. The van der Waals surface area contributed by atoms with Crippen molar-refractivity contribution in [3.63, 3.8) is 0 Å². The third kappa shape index (κ3) is 2.75. The molecular weight excluding hydrogens is 437 g/mol. The fourth-order valence-corrected chi connectivity index (χ4v) is 4.90. The van der Waals surface area contributed by atoms with E-state index in [2.05, 4.69) is 20.9 Å². The van der Waals surface area contributed by atoms with Gasteiger partial charge >= 0.3 is 5.97 Å². The standard InChI is InChI=1S/C22H17BrFN3O2/c23-13-7-8-17-15(11-13)18(14-5-1-2-6-16(14)24)26-22(9-3-4-10-22)20-19(21(28)29)25-12-27(17)20/h1-2,5-8,11-12H,3-4,9-10H2,(H,28,29). The molecule has 2 heterocycles. The predicted molar refractivity (Wildman–Crippen MR) is 110 cm³/mol. The van der Waals surface area contributed by atoms with Crippen LogP contribution in [0.5, 0.6) is 0 Å². The Hall–Kier alpha value is -2.80. The SMILES string of the molecule is O=C(O)c1ncn2c1C1(CCCC1)N=C(c1ccccc1F)c1cc(Br)ccc1-2. The van der Waals surface area contributed by atoms with Crippen molar-refractivity contribution in [1.29, 1.82) is 0 Å². The first-order valence-electron chi connectivity index (χ1n) is 9.46. The predicted octanol–water partition coefficient (Wildman–Crippen LogP) is 5.09. The number of carboxylic acids is 1. The summed E-state index contributed by atoms with van der Waals surface area (Å²) in [5.41, 5.74) is 2.29. The second kappa shape index (κ2) is 6.62. The van der Waals surface area contributed by atoms with Gasteiger partial charge in [-0.05, 0) is 43.2 Å². The number of hydrogen-bond acceptors (Lipinski definition) is 3. The van der Waals surface area contributed by atoms with Crippen molar-refractivity contribution in [3.05, 3.63) is 81.6 Å². The number of halogens is 2. The number of carboxylic acid groups (broad SMARTS) is 1. The molecule has 5 rings (SSSR count). The lowest BCUT2D eigenvalue weighted by atomic mass is 9.91. The highest BCUT2D eigenvalue weighted by molar-refractivity contribution is 9.10. The van der Waals surface area contributed by atoms with Crippen molar-refractivity contribution < 1.29 is 14.3 Å². The van der Waals surface area contributed by atoms with Crippen LogP contribution >= 0.6 is 15.9 Å². The van der Waals surface area contributed by atoms with E-state index in [1.54, 1.807) is 24.5 Å². The summed E-state index contributed by atoms with van der Waals surface area (Å²) in [6.45, 7) is 0. The summed E-state index contributed by atoms with van der Waals surface area (Å²) in [5, 5.41) is 9.79. The third-order valence-corrected chi connectivity index (χ3v) is 6.26. The molecule has 29 heavy (non-hydrogen) atoms. The monoisotopic (exact) mass is 453 g/mol. The number of hydrogen-bond donors (Lipinski definition) is 1. The number of benzene rings is 2. The molecule has 3 aromatic rings. The zero-order chi connectivity index (χ0) is 20.2. The lowest BCUT2D eigenvalue weighted by molar-refractivity contribution is 0.0687. The summed E-state index contributed by atoms with van der Waals surface area (Å²) >= 11 is 3.51. The normalized spacial score (nSPS) is 16.8. The number of nitrogens with zero attached hydrogens (tertiary/aromatic N) is 3. The Labute approximate surface area is 175 Å². The lowest BCUT2D eigenvalue weighted by Crippen LogP contribution is -2.26. The average molecular weight is 454 g/mol. The summed E-state index contributed by atoms with van der Waals surface area (Å²) in [5.74, 6) is -1.43. The molecule has 1 aromatic heterocycles. The first-order valence-corrected chi connectivity index (χ1v) is 10.3. The van der Waals surface area contributed by atoms with Gasteiger partial charge in [-0.25, -0.2) is 14.2 Å². The topological polar surface area (TPSA) is 67.5 Å². The highest BCUT2D eigenvalue weighted by Crippen LogP contribution is 2.47. The number of imidazole rings is 1. The van der Waals surface area contributed by atoms with Gasteiger partial charge in [0.05, 0.1) is 17.1 Å². The minimum atomic E-state index is -1.08. The molecule has 5 nitrogen and oxygen atoms in total. The molecule has 7 heteroatoms. The van der Waals surface area contributed by atoms with E-state index in [0.717, 1.165) is 28.6 Å². The van der Waals surface area contributed by atoms with Gasteiger partial charge in [-0.2, -0.15) is 0 Å². The van der Waals surface area contributed by atoms with Crippen LogP contribution in [-0.2, 0) is 5.54 Å². The van der Waals surface area contributed by atoms with Crippen LogP contribution in [0.3, 0.4) is 0 Å². The second-order valence-corrected chi connectivity index (χ2v) is 8.37. The van der Waals surface area contributed by atoms with E-state index >= 15 is 0 Å². The van der Waals surface area contributed by atoms with Gasteiger partial charge in [-0.15, -0.1) is 0 Å². The maximum atomic E-state index is 14.8. The van der Waals surface area contributed by atoms with Gasteiger partial charge in [0, 0.05) is 15.6 Å². The van der Waals surface area contributed by atoms with E-state index in [4.69, 9.17) is 4.99 Å². The summed E-state index contributed by atoms with van der Waals surface area (Å²) in [6, 6.07) is 12.3. The largest absolute Gasteiger partial charge is 0.476 e. The molecule has 0 amide bonds. The maximum absolute atomic E-state index is 14.8. The van der Waals surface area contributed by atoms with Gasteiger partial charge in [0.15, 0.2) is 5.69 Å². The zero-order valence-electron chi connectivity index (χ0n) is 15.4. The molecule has 1 saturated carbocycles. The molecule has 0 unspecified atom stereocenters. The molecular formula is C22H17BrFN3O2. The van der Waals surface area contributed by atoms with Crippen LogP contribution < -0.4 is 0 Å². The van der Waals surface area contributed by atoms with Gasteiger partial charge in [0.25, 0.3) is 0 Å². The Morgan fingerprint density at radius 1 is 1.14 bits per heavy atom. The Bertz CT molecular complexity index is 1180. The Balaban J connectivity index is 1.91. The quantitative estimate of drug-likeness (QED) is 0.587. The maximum Gasteiger partial charge on any atom is 0.356 e. The van der Waals surface area contributed by atoms with E-state index in [-0.39, 0.29) is 11.5 Å². The molecule has 1 aliphatic carbocycles. The third-order valence-electron chi connectivity index (χ3n) is 5.77. The van der Waals surface area contributed by atoms with Gasteiger partial charge in [0.1, 0.15) is 17.7 Å². The molecule has 1 spiro atoms. The van der Waals surface area contributed by atoms with Crippen LogP contribution in [0.25, 0.3) is 5.69 Å². The second-order valence-electron chi connectivity index (χ2n) is 7.46. The van der Waals surface area contributed by atoms with Crippen LogP contribution in [0, 0.1) is 5.82 Å². The number of aromatic nitrogens is 2. The number of aromatic carboxylic acids is 1. The lowest BCUT2D eigenvalue weighted by Gasteiger charge is -2.25. The van der Waals surface area contributed by atoms with E-state index in [0.29, 0.717) is 29.8 Å². The summed E-state index contributed by atoms with van der Waals surface area (Å²) < 4.78 is 17.5. The van der Waals surface area contributed by atoms with Gasteiger partial charge in [-0.1, -0.05) is 40.9 Å².